The Bertz CT molecular complexity index is 377. The standard InChI is InChI=1S/C10H14N4O2/c15-10(12-8-3-1-2-4-8)13-9-5-6-11-14(16)7-9/h5-8H,1-4H2,(H2,12,13,15). The van der Waals surface area contributed by atoms with Gasteiger partial charge in [-0.3, -0.25) is 0 Å². The van der Waals surface area contributed by atoms with Crippen LogP contribution in [0.15, 0.2) is 18.5 Å². The van der Waals surface area contributed by atoms with Crippen LogP contribution in [-0.4, -0.2) is 17.2 Å². The monoisotopic (exact) mass is 222 g/mol. The third kappa shape index (κ3) is 2.82. The highest BCUT2D eigenvalue weighted by Gasteiger charge is 2.17. The third-order valence-corrected chi connectivity index (χ3v) is 2.63. The Labute approximate surface area is 93.2 Å². The fraction of sp³-hybridized carbons (Fsp3) is 0.500. The fourth-order valence-electron chi connectivity index (χ4n) is 1.87. The van der Waals surface area contributed by atoms with Crippen LogP contribution in [0.25, 0.3) is 0 Å². The molecule has 1 aliphatic carbocycles. The summed E-state index contributed by atoms with van der Waals surface area (Å²) in [4.78, 5) is 11.9. The van der Waals surface area contributed by atoms with Gasteiger partial charge in [-0.25, -0.2) is 4.79 Å². The first-order valence-electron chi connectivity index (χ1n) is 5.37. The average molecular weight is 222 g/mol. The number of hydrogen-bond acceptors (Lipinski definition) is 3. The molecule has 6 heteroatoms. The summed E-state index contributed by atoms with van der Waals surface area (Å²) in [5.41, 5.74) is 0.445. The van der Waals surface area contributed by atoms with Gasteiger partial charge in [0.05, 0.1) is 6.20 Å². The SMILES string of the molecule is O=C(Nc1ccn[n+]([O-])c1)NC1CCCC1. The zero-order valence-electron chi connectivity index (χ0n) is 8.85. The smallest absolute Gasteiger partial charge is 0.319 e. The second kappa shape index (κ2) is 4.78. The van der Waals surface area contributed by atoms with Crippen molar-refractivity contribution in [3.05, 3.63) is 23.7 Å². The van der Waals surface area contributed by atoms with Crippen LogP contribution in [0.3, 0.4) is 0 Å². The highest BCUT2D eigenvalue weighted by atomic mass is 16.5. The number of aromatic nitrogens is 2. The lowest BCUT2D eigenvalue weighted by molar-refractivity contribution is -0.668. The van der Waals surface area contributed by atoms with Crippen molar-refractivity contribution in [2.45, 2.75) is 31.7 Å². The van der Waals surface area contributed by atoms with E-state index in [2.05, 4.69) is 15.7 Å². The Morgan fingerprint density at radius 1 is 1.50 bits per heavy atom. The predicted octanol–water partition coefficient (Wildman–Crippen LogP) is 0.779. The molecule has 0 radical (unpaired) electrons. The van der Waals surface area contributed by atoms with Crippen molar-refractivity contribution in [2.75, 3.05) is 5.32 Å². The molecule has 0 atom stereocenters. The number of carbonyl (C=O) groups is 1. The van der Waals surface area contributed by atoms with Crippen molar-refractivity contribution in [3.8, 4) is 0 Å². The van der Waals surface area contributed by atoms with Gasteiger partial charge in [-0.05, 0) is 18.9 Å². The van der Waals surface area contributed by atoms with Crippen molar-refractivity contribution in [1.29, 1.82) is 0 Å². The molecule has 16 heavy (non-hydrogen) atoms. The van der Waals surface area contributed by atoms with Crippen LogP contribution in [0.2, 0.25) is 0 Å². The summed E-state index contributed by atoms with van der Waals surface area (Å²) in [6.45, 7) is 0. The number of carbonyl (C=O) groups excluding carboxylic acids is 1. The Hall–Kier alpha value is -1.85. The van der Waals surface area contributed by atoms with Crippen LogP contribution in [0, 0.1) is 5.21 Å². The van der Waals surface area contributed by atoms with Crippen LogP contribution in [-0.2, 0) is 0 Å². The summed E-state index contributed by atoms with van der Waals surface area (Å²) < 4.78 is 0. The molecule has 2 rings (SSSR count). The van der Waals surface area contributed by atoms with E-state index in [1.807, 2.05) is 0 Å². The molecule has 0 saturated heterocycles. The van der Waals surface area contributed by atoms with Gasteiger partial charge in [0.15, 0.2) is 0 Å². The van der Waals surface area contributed by atoms with Gasteiger partial charge in [-0.1, -0.05) is 17.7 Å². The topological polar surface area (TPSA) is 81.0 Å². The number of hydrogen-bond donors (Lipinski definition) is 2. The van der Waals surface area contributed by atoms with E-state index in [4.69, 9.17) is 0 Å². The van der Waals surface area contributed by atoms with Gasteiger partial charge < -0.3 is 15.8 Å². The van der Waals surface area contributed by atoms with Gasteiger partial charge in [0.2, 0.25) is 6.20 Å². The van der Waals surface area contributed by atoms with Gasteiger partial charge in [0, 0.05) is 11.1 Å². The van der Waals surface area contributed by atoms with Crippen LogP contribution >= 0.6 is 0 Å². The first-order valence-corrected chi connectivity index (χ1v) is 5.37. The minimum atomic E-state index is -0.266. The minimum absolute atomic E-state index is 0.265. The quantitative estimate of drug-likeness (QED) is 0.573. The van der Waals surface area contributed by atoms with Gasteiger partial charge in [-0.2, -0.15) is 0 Å². The molecule has 6 nitrogen and oxygen atoms in total. The van der Waals surface area contributed by atoms with Gasteiger partial charge in [0.1, 0.15) is 5.69 Å². The Morgan fingerprint density at radius 3 is 2.94 bits per heavy atom. The molecule has 1 aromatic heterocycles. The van der Waals surface area contributed by atoms with E-state index < -0.39 is 0 Å². The molecule has 2 amide bonds. The van der Waals surface area contributed by atoms with E-state index in [1.54, 1.807) is 6.07 Å². The van der Waals surface area contributed by atoms with Crippen LogP contribution in [0.4, 0.5) is 10.5 Å². The first-order chi connectivity index (χ1) is 7.74. The summed E-state index contributed by atoms with van der Waals surface area (Å²) in [5, 5.41) is 19.8. The van der Waals surface area contributed by atoms with Gasteiger partial charge >= 0.3 is 6.03 Å². The lowest BCUT2D eigenvalue weighted by Crippen LogP contribution is -2.37. The van der Waals surface area contributed by atoms with E-state index in [1.165, 1.54) is 25.2 Å². The normalized spacial score (nSPS) is 16.0. The maximum absolute atomic E-state index is 11.5. The Kier molecular flexibility index (Phi) is 3.19. The molecular weight excluding hydrogens is 208 g/mol. The Morgan fingerprint density at radius 2 is 2.25 bits per heavy atom. The first kappa shape index (κ1) is 10.7. The Balaban J connectivity index is 1.86. The van der Waals surface area contributed by atoms with Crippen molar-refractivity contribution < 1.29 is 9.64 Å². The molecule has 86 valence electrons. The molecule has 0 spiro atoms. The molecule has 1 saturated carbocycles. The second-order valence-corrected chi connectivity index (χ2v) is 3.90. The number of urea groups is 1. The predicted molar refractivity (Wildman–Crippen MR) is 57.6 cm³/mol. The summed E-state index contributed by atoms with van der Waals surface area (Å²) in [5.74, 6) is 0. The summed E-state index contributed by atoms with van der Waals surface area (Å²) >= 11 is 0. The van der Waals surface area contributed by atoms with E-state index in [-0.39, 0.29) is 12.1 Å². The molecule has 1 aromatic rings. The molecular formula is C10H14N4O2. The van der Waals surface area contributed by atoms with Crippen LogP contribution in [0.5, 0.6) is 0 Å². The number of amides is 2. The molecule has 1 fully saturated rings. The summed E-state index contributed by atoms with van der Waals surface area (Å²) in [6.07, 6.45) is 6.96. The van der Waals surface area contributed by atoms with Crippen LogP contribution < -0.4 is 15.5 Å². The number of nitrogens with zero attached hydrogens (tertiary/aromatic N) is 2. The van der Waals surface area contributed by atoms with E-state index >= 15 is 0 Å². The number of rotatable bonds is 2. The van der Waals surface area contributed by atoms with E-state index in [0.29, 0.717) is 10.5 Å². The number of anilines is 1. The largest absolute Gasteiger partial charge is 0.594 e. The van der Waals surface area contributed by atoms with E-state index in [0.717, 1.165) is 12.8 Å². The van der Waals surface area contributed by atoms with Gasteiger partial charge in [-0.15, -0.1) is 0 Å². The average Bonchev–Trinajstić information content (AvgIpc) is 2.70. The molecule has 0 bridgehead atoms. The lowest BCUT2D eigenvalue weighted by atomic mass is 10.2. The zero-order valence-corrected chi connectivity index (χ0v) is 8.85. The van der Waals surface area contributed by atoms with E-state index in [9.17, 15) is 10.0 Å². The third-order valence-electron chi connectivity index (χ3n) is 2.63. The lowest BCUT2D eigenvalue weighted by Gasteiger charge is -2.12. The highest BCUT2D eigenvalue weighted by molar-refractivity contribution is 5.89. The second-order valence-electron chi connectivity index (χ2n) is 3.90. The fourth-order valence-corrected chi connectivity index (χ4v) is 1.87. The van der Waals surface area contributed by atoms with Crippen molar-refractivity contribution >= 4 is 11.7 Å². The molecule has 0 aliphatic heterocycles. The molecule has 1 heterocycles. The van der Waals surface area contributed by atoms with Crippen molar-refractivity contribution in [3.63, 3.8) is 0 Å². The summed E-state index contributed by atoms with van der Waals surface area (Å²) in [6, 6.07) is 1.57. The highest BCUT2D eigenvalue weighted by Crippen LogP contribution is 2.17. The number of nitrogens with one attached hydrogen (secondary N) is 2. The molecule has 0 aromatic carbocycles. The molecule has 2 N–H and O–H groups in total. The van der Waals surface area contributed by atoms with Crippen molar-refractivity contribution in [2.24, 2.45) is 0 Å². The maximum atomic E-state index is 11.5. The molecule has 0 unspecified atom stereocenters. The minimum Gasteiger partial charge on any atom is -0.594 e. The summed E-state index contributed by atoms with van der Waals surface area (Å²) in [7, 11) is 0. The van der Waals surface area contributed by atoms with Crippen LogP contribution in [0.1, 0.15) is 25.7 Å². The molecule has 1 aliphatic rings. The maximum Gasteiger partial charge on any atom is 0.319 e. The van der Waals surface area contributed by atoms with Crippen molar-refractivity contribution in [1.82, 2.24) is 10.4 Å². The zero-order chi connectivity index (χ0) is 11.4. The van der Waals surface area contributed by atoms with Gasteiger partial charge in [0.25, 0.3) is 0 Å².